The van der Waals surface area contributed by atoms with Gasteiger partial charge in [-0.2, -0.15) is 9.97 Å². The lowest BCUT2D eigenvalue weighted by atomic mass is 10.1. The van der Waals surface area contributed by atoms with Gasteiger partial charge in [0.15, 0.2) is 11.6 Å². The van der Waals surface area contributed by atoms with Gasteiger partial charge in [0.1, 0.15) is 5.69 Å². The number of hydrogen-bond donors (Lipinski definition) is 2. The van der Waals surface area contributed by atoms with Crippen molar-refractivity contribution in [2.75, 3.05) is 53.6 Å². The third-order valence-electron chi connectivity index (χ3n) is 6.44. The number of amides is 1. The monoisotopic (exact) mass is 421 g/mol. The average Bonchev–Trinajstić information content (AvgIpc) is 3.45. The lowest BCUT2D eigenvalue weighted by Crippen LogP contribution is -2.27. The van der Waals surface area contributed by atoms with Crippen molar-refractivity contribution in [3.05, 3.63) is 35.4 Å². The predicted molar refractivity (Wildman–Crippen MR) is 123 cm³/mol. The van der Waals surface area contributed by atoms with Gasteiger partial charge < -0.3 is 20.9 Å². The second kappa shape index (κ2) is 8.70. The molecule has 2 aromatic rings. The highest BCUT2D eigenvalue weighted by molar-refractivity contribution is 5.98. The fourth-order valence-corrected chi connectivity index (χ4v) is 4.81. The van der Waals surface area contributed by atoms with E-state index in [4.69, 9.17) is 10.7 Å². The Bertz CT molecular complexity index is 951. The second-order valence-corrected chi connectivity index (χ2v) is 8.82. The first-order valence-corrected chi connectivity index (χ1v) is 11.4. The summed E-state index contributed by atoms with van der Waals surface area (Å²) in [6.07, 6.45) is 5.29. The van der Waals surface area contributed by atoms with Gasteiger partial charge in [-0.3, -0.25) is 9.69 Å². The van der Waals surface area contributed by atoms with Gasteiger partial charge in [-0.15, -0.1) is 0 Å². The molecule has 0 bridgehead atoms. The molecule has 0 radical (unpaired) electrons. The van der Waals surface area contributed by atoms with Crippen molar-refractivity contribution in [1.82, 2.24) is 14.9 Å². The Morgan fingerprint density at radius 3 is 2.42 bits per heavy atom. The van der Waals surface area contributed by atoms with E-state index in [1.165, 1.54) is 37.1 Å². The van der Waals surface area contributed by atoms with E-state index >= 15 is 0 Å². The number of hydrogen-bond acceptors (Lipinski definition) is 7. The SMILES string of the molecule is Nc1nc(N2CCCC2)nc2c1NC(=O)CCN2Cc1cccc(CN2CCCC2)c1. The molecule has 8 nitrogen and oxygen atoms in total. The van der Waals surface area contributed by atoms with Crippen LogP contribution in [0.4, 0.5) is 23.3 Å². The van der Waals surface area contributed by atoms with Crippen LogP contribution in [0.25, 0.3) is 0 Å². The molecule has 0 atom stereocenters. The molecule has 5 rings (SSSR count). The molecule has 1 aromatic heterocycles. The molecule has 2 saturated heterocycles. The molecule has 2 fully saturated rings. The lowest BCUT2D eigenvalue weighted by molar-refractivity contribution is -0.115. The number of likely N-dealkylation sites (tertiary alicyclic amines) is 1. The first-order valence-electron chi connectivity index (χ1n) is 11.4. The Balaban J connectivity index is 1.42. The summed E-state index contributed by atoms with van der Waals surface area (Å²) in [5.74, 6) is 1.69. The normalized spacial score (nSPS) is 19.4. The molecule has 1 amide bonds. The molecule has 0 aliphatic carbocycles. The van der Waals surface area contributed by atoms with Crippen molar-refractivity contribution in [2.24, 2.45) is 0 Å². The smallest absolute Gasteiger partial charge is 0.229 e. The highest BCUT2D eigenvalue weighted by Gasteiger charge is 2.26. The minimum atomic E-state index is -0.0456. The van der Waals surface area contributed by atoms with Crippen LogP contribution in [0.2, 0.25) is 0 Å². The molecular weight excluding hydrogens is 390 g/mol. The number of nitrogens with one attached hydrogen (secondary N) is 1. The predicted octanol–water partition coefficient (Wildman–Crippen LogP) is 2.60. The number of aromatic nitrogens is 2. The minimum Gasteiger partial charge on any atom is -0.382 e. The van der Waals surface area contributed by atoms with Crippen molar-refractivity contribution in [1.29, 1.82) is 0 Å². The summed E-state index contributed by atoms with van der Waals surface area (Å²) in [7, 11) is 0. The van der Waals surface area contributed by atoms with Gasteiger partial charge in [0.05, 0.1) is 0 Å². The molecule has 0 saturated carbocycles. The molecule has 0 unspecified atom stereocenters. The van der Waals surface area contributed by atoms with E-state index in [2.05, 4.69) is 49.3 Å². The Morgan fingerprint density at radius 2 is 1.65 bits per heavy atom. The topological polar surface area (TPSA) is 90.6 Å². The summed E-state index contributed by atoms with van der Waals surface area (Å²) in [5.41, 5.74) is 9.38. The number of nitrogen functional groups attached to an aromatic ring is 1. The summed E-state index contributed by atoms with van der Waals surface area (Å²) in [6, 6.07) is 8.77. The molecule has 8 heteroatoms. The number of anilines is 4. The van der Waals surface area contributed by atoms with Gasteiger partial charge in [-0.1, -0.05) is 24.3 Å². The number of rotatable bonds is 5. The summed E-state index contributed by atoms with van der Waals surface area (Å²) in [6.45, 7) is 6.56. The van der Waals surface area contributed by atoms with Gasteiger partial charge in [0.25, 0.3) is 0 Å². The molecule has 4 heterocycles. The van der Waals surface area contributed by atoms with Gasteiger partial charge >= 0.3 is 0 Å². The number of carbonyl (C=O) groups excluding carboxylic acids is 1. The number of benzene rings is 1. The Morgan fingerprint density at radius 1 is 0.935 bits per heavy atom. The van der Waals surface area contributed by atoms with Crippen molar-refractivity contribution in [3.8, 4) is 0 Å². The van der Waals surface area contributed by atoms with E-state index in [-0.39, 0.29) is 5.91 Å². The van der Waals surface area contributed by atoms with Crippen molar-refractivity contribution < 1.29 is 4.79 Å². The minimum absolute atomic E-state index is 0.0456. The van der Waals surface area contributed by atoms with Crippen LogP contribution in [0.5, 0.6) is 0 Å². The average molecular weight is 422 g/mol. The van der Waals surface area contributed by atoms with Crippen LogP contribution >= 0.6 is 0 Å². The molecular formula is C23H31N7O. The maximum atomic E-state index is 12.3. The first kappa shape index (κ1) is 20.1. The van der Waals surface area contributed by atoms with E-state index in [9.17, 15) is 4.79 Å². The van der Waals surface area contributed by atoms with Crippen LogP contribution in [-0.2, 0) is 17.9 Å². The zero-order chi connectivity index (χ0) is 21.2. The molecule has 3 aliphatic heterocycles. The van der Waals surface area contributed by atoms with Gasteiger partial charge in [-0.25, -0.2) is 0 Å². The van der Waals surface area contributed by atoms with Crippen LogP contribution < -0.4 is 20.9 Å². The summed E-state index contributed by atoms with van der Waals surface area (Å²) >= 11 is 0. The number of nitrogens with two attached hydrogens (primary N) is 1. The Kier molecular flexibility index (Phi) is 5.63. The zero-order valence-corrected chi connectivity index (χ0v) is 18.0. The molecule has 164 valence electrons. The van der Waals surface area contributed by atoms with E-state index in [0.717, 1.165) is 38.3 Å². The van der Waals surface area contributed by atoms with E-state index in [1.54, 1.807) is 0 Å². The largest absolute Gasteiger partial charge is 0.382 e. The quantitative estimate of drug-likeness (QED) is 0.767. The molecule has 0 spiro atoms. The van der Waals surface area contributed by atoms with Crippen LogP contribution in [0.1, 0.15) is 43.2 Å². The fourth-order valence-electron chi connectivity index (χ4n) is 4.81. The van der Waals surface area contributed by atoms with Crippen molar-refractivity contribution in [2.45, 2.75) is 45.2 Å². The highest BCUT2D eigenvalue weighted by Crippen LogP contribution is 2.34. The first-order chi connectivity index (χ1) is 15.2. The summed E-state index contributed by atoms with van der Waals surface area (Å²) < 4.78 is 0. The van der Waals surface area contributed by atoms with Gasteiger partial charge in [0.2, 0.25) is 11.9 Å². The van der Waals surface area contributed by atoms with Crippen LogP contribution in [-0.4, -0.2) is 53.5 Å². The maximum absolute atomic E-state index is 12.3. The fraction of sp³-hybridized carbons (Fsp3) is 0.522. The molecule has 3 aliphatic rings. The third-order valence-corrected chi connectivity index (χ3v) is 6.44. The Labute approximate surface area is 183 Å². The second-order valence-electron chi connectivity index (χ2n) is 8.82. The lowest BCUT2D eigenvalue weighted by Gasteiger charge is -2.26. The van der Waals surface area contributed by atoms with Crippen molar-refractivity contribution in [3.63, 3.8) is 0 Å². The third kappa shape index (κ3) is 4.44. The number of carbonyl (C=O) groups is 1. The standard InChI is InChI=1S/C23H31N7O/c24-21-20-22(27-23(26-21)29-11-3-4-12-29)30(13-8-19(31)25-20)16-18-7-5-6-17(14-18)15-28-9-1-2-10-28/h5-7,14H,1-4,8-13,15-16H2,(H,25,31)(H2,24,26,27). The maximum Gasteiger partial charge on any atom is 0.229 e. The van der Waals surface area contributed by atoms with Crippen molar-refractivity contribution >= 4 is 29.2 Å². The highest BCUT2D eigenvalue weighted by atomic mass is 16.1. The molecule has 31 heavy (non-hydrogen) atoms. The van der Waals surface area contributed by atoms with E-state index < -0.39 is 0 Å². The van der Waals surface area contributed by atoms with Crippen LogP contribution in [0, 0.1) is 0 Å². The van der Waals surface area contributed by atoms with E-state index in [0.29, 0.717) is 37.0 Å². The Hall–Kier alpha value is -2.87. The molecule has 1 aromatic carbocycles. The zero-order valence-electron chi connectivity index (χ0n) is 18.0. The summed E-state index contributed by atoms with van der Waals surface area (Å²) in [5, 5.41) is 2.93. The van der Waals surface area contributed by atoms with Gasteiger partial charge in [0, 0.05) is 39.1 Å². The number of nitrogens with zero attached hydrogens (tertiary/aromatic N) is 5. The van der Waals surface area contributed by atoms with E-state index in [1.807, 2.05) is 0 Å². The molecule has 3 N–H and O–H groups in total. The van der Waals surface area contributed by atoms with Crippen LogP contribution in [0.15, 0.2) is 24.3 Å². The van der Waals surface area contributed by atoms with Gasteiger partial charge in [-0.05, 0) is 49.9 Å². The summed E-state index contributed by atoms with van der Waals surface area (Å²) in [4.78, 5) is 28.6. The van der Waals surface area contributed by atoms with Crippen LogP contribution in [0.3, 0.4) is 0 Å². The number of fused-ring (bicyclic) bond motifs is 1.